The molecule has 0 radical (unpaired) electrons. The molecule has 0 amide bonds. The summed E-state index contributed by atoms with van der Waals surface area (Å²) in [5.41, 5.74) is 7.69. The molecule has 2 heteroatoms. The largest absolute Gasteiger partial charge is 0.493 e. The fraction of sp³-hybridized carbons (Fsp3) is 0.600. The molecule has 0 aliphatic rings. The molecule has 1 aromatic carbocycles. The van der Waals surface area contributed by atoms with Gasteiger partial charge in [-0.2, -0.15) is 0 Å². The molecule has 1 rings (SSSR count). The number of hydrogen-bond acceptors (Lipinski definition) is 2. The topological polar surface area (TPSA) is 35.2 Å². The van der Waals surface area contributed by atoms with Crippen molar-refractivity contribution in [3.63, 3.8) is 0 Å². The van der Waals surface area contributed by atoms with Crippen LogP contribution in [0.1, 0.15) is 45.1 Å². The van der Waals surface area contributed by atoms with Crippen LogP contribution >= 0.6 is 0 Å². The SMILES string of the molecule is CCCCC(CC)COc1cc(N)ccc1C. The van der Waals surface area contributed by atoms with Crippen molar-refractivity contribution in [3.8, 4) is 5.75 Å². The maximum Gasteiger partial charge on any atom is 0.124 e. The van der Waals surface area contributed by atoms with E-state index in [9.17, 15) is 0 Å². The van der Waals surface area contributed by atoms with Crippen molar-refractivity contribution in [1.82, 2.24) is 0 Å². The van der Waals surface area contributed by atoms with Gasteiger partial charge in [-0.05, 0) is 30.9 Å². The Labute approximate surface area is 105 Å². The molecule has 0 fully saturated rings. The Morgan fingerprint density at radius 2 is 2.06 bits per heavy atom. The first-order valence-electron chi connectivity index (χ1n) is 6.66. The Hall–Kier alpha value is -1.18. The van der Waals surface area contributed by atoms with E-state index in [1.807, 2.05) is 18.2 Å². The number of ether oxygens (including phenoxy) is 1. The minimum absolute atomic E-state index is 0.663. The van der Waals surface area contributed by atoms with Crippen molar-refractivity contribution in [3.05, 3.63) is 23.8 Å². The average molecular weight is 235 g/mol. The minimum Gasteiger partial charge on any atom is -0.493 e. The van der Waals surface area contributed by atoms with Crippen LogP contribution in [0.2, 0.25) is 0 Å². The van der Waals surface area contributed by atoms with E-state index in [-0.39, 0.29) is 0 Å². The first-order chi connectivity index (χ1) is 8.17. The molecule has 0 aromatic heterocycles. The highest BCUT2D eigenvalue weighted by Gasteiger charge is 2.08. The Morgan fingerprint density at radius 1 is 1.29 bits per heavy atom. The molecule has 0 spiro atoms. The molecule has 1 atom stereocenters. The third kappa shape index (κ3) is 4.68. The Bertz CT molecular complexity index is 336. The molecular formula is C15H25NO. The lowest BCUT2D eigenvalue weighted by Crippen LogP contribution is -2.11. The summed E-state index contributed by atoms with van der Waals surface area (Å²) in [6.07, 6.45) is 4.99. The van der Waals surface area contributed by atoms with Crippen LogP contribution in [0.15, 0.2) is 18.2 Å². The van der Waals surface area contributed by atoms with Crippen molar-refractivity contribution in [2.45, 2.75) is 46.5 Å². The molecule has 0 heterocycles. The van der Waals surface area contributed by atoms with E-state index in [1.165, 1.54) is 25.7 Å². The van der Waals surface area contributed by atoms with Crippen molar-refractivity contribution < 1.29 is 4.74 Å². The van der Waals surface area contributed by atoms with Crippen LogP contribution in [0.4, 0.5) is 5.69 Å². The number of nitrogens with two attached hydrogens (primary N) is 1. The zero-order valence-corrected chi connectivity index (χ0v) is 11.3. The summed E-state index contributed by atoms with van der Waals surface area (Å²) in [5.74, 6) is 1.59. The van der Waals surface area contributed by atoms with Crippen molar-refractivity contribution in [2.24, 2.45) is 5.92 Å². The molecule has 1 aromatic rings. The third-order valence-electron chi connectivity index (χ3n) is 3.23. The number of aryl methyl sites for hydroxylation is 1. The van der Waals surface area contributed by atoms with Crippen LogP contribution in [0.25, 0.3) is 0 Å². The number of rotatable bonds is 7. The Kier molecular flexibility index (Phi) is 5.88. The number of benzene rings is 1. The molecule has 96 valence electrons. The van der Waals surface area contributed by atoms with Gasteiger partial charge in [0.05, 0.1) is 6.61 Å². The molecule has 0 bridgehead atoms. The van der Waals surface area contributed by atoms with Gasteiger partial charge in [0.1, 0.15) is 5.75 Å². The van der Waals surface area contributed by atoms with Crippen LogP contribution < -0.4 is 10.5 Å². The second-order valence-electron chi connectivity index (χ2n) is 4.75. The van der Waals surface area contributed by atoms with E-state index in [2.05, 4.69) is 20.8 Å². The molecule has 17 heavy (non-hydrogen) atoms. The van der Waals surface area contributed by atoms with Crippen molar-refractivity contribution in [2.75, 3.05) is 12.3 Å². The molecule has 2 N–H and O–H groups in total. The fourth-order valence-corrected chi connectivity index (χ4v) is 1.88. The van der Waals surface area contributed by atoms with Gasteiger partial charge in [-0.1, -0.05) is 39.2 Å². The predicted octanol–water partition coefficient (Wildman–Crippen LogP) is 4.17. The van der Waals surface area contributed by atoms with Gasteiger partial charge < -0.3 is 10.5 Å². The monoisotopic (exact) mass is 235 g/mol. The molecule has 0 aliphatic carbocycles. The maximum absolute atomic E-state index is 5.89. The van der Waals surface area contributed by atoms with Gasteiger partial charge in [-0.3, -0.25) is 0 Å². The van der Waals surface area contributed by atoms with Gasteiger partial charge in [0.15, 0.2) is 0 Å². The lowest BCUT2D eigenvalue weighted by molar-refractivity contribution is 0.232. The molecular weight excluding hydrogens is 210 g/mol. The second-order valence-corrected chi connectivity index (χ2v) is 4.75. The van der Waals surface area contributed by atoms with Crippen LogP contribution in [0.3, 0.4) is 0 Å². The van der Waals surface area contributed by atoms with Crippen LogP contribution in [0.5, 0.6) is 5.75 Å². The van der Waals surface area contributed by atoms with Crippen LogP contribution in [-0.2, 0) is 0 Å². The molecule has 0 saturated carbocycles. The second kappa shape index (κ2) is 7.21. The van der Waals surface area contributed by atoms with Crippen LogP contribution in [-0.4, -0.2) is 6.61 Å². The van der Waals surface area contributed by atoms with Crippen LogP contribution in [0, 0.1) is 12.8 Å². The van der Waals surface area contributed by atoms with Gasteiger partial charge in [0.25, 0.3) is 0 Å². The molecule has 0 saturated heterocycles. The minimum atomic E-state index is 0.663. The van der Waals surface area contributed by atoms with E-state index >= 15 is 0 Å². The highest BCUT2D eigenvalue weighted by atomic mass is 16.5. The van der Waals surface area contributed by atoms with E-state index in [1.54, 1.807) is 0 Å². The fourth-order valence-electron chi connectivity index (χ4n) is 1.88. The Morgan fingerprint density at radius 3 is 2.71 bits per heavy atom. The number of unbranched alkanes of at least 4 members (excludes halogenated alkanes) is 1. The number of anilines is 1. The zero-order valence-electron chi connectivity index (χ0n) is 11.3. The summed E-state index contributed by atoms with van der Waals surface area (Å²) in [5, 5.41) is 0. The van der Waals surface area contributed by atoms with Gasteiger partial charge in [0.2, 0.25) is 0 Å². The average Bonchev–Trinajstić information content (AvgIpc) is 2.33. The van der Waals surface area contributed by atoms with Crippen molar-refractivity contribution in [1.29, 1.82) is 0 Å². The zero-order chi connectivity index (χ0) is 12.7. The lowest BCUT2D eigenvalue weighted by Gasteiger charge is -2.17. The lowest BCUT2D eigenvalue weighted by atomic mass is 10.0. The summed E-state index contributed by atoms with van der Waals surface area (Å²) in [6.45, 7) is 7.33. The molecule has 0 aliphatic heterocycles. The van der Waals surface area contributed by atoms with Gasteiger partial charge in [0, 0.05) is 11.8 Å². The van der Waals surface area contributed by atoms with Gasteiger partial charge in [-0.25, -0.2) is 0 Å². The summed E-state index contributed by atoms with van der Waals surface area (Å²) in [6, 6.07) is 5.84. The van der Waals surface area contributed by atoms with E-state index in [0.717, 1.165) is 23.6 Å². The van der Waals surface area contributed by atoms with E-state index in [4.69, 9.17) is 10.5 Å². The molecule has 1 unspecified atom stereocenters. The van der Waals surface area contributed by atoms with Gasteiger partial charge in [-0.15, -0.1) is 0 Å². The van der Waals surface area contributed by atoms with E-state index in [0.29, 0.717) is 5.92 Å². The van der Waals surface area contributed by atoms with Gasteiger partial charge >= 0.3 is 0 Å². The highest BCUT2D eigenvalue weighted by Crippen LogP contribution is 2.22. The summed E-state index contributed by atoms with van der Waals surface area (Å²) < 4.78 is 5.89. The van der Waals surface area contributed by atoms with E-state index < -0.39 is 0 Å². The Balaban J connectivity index is 2.50. The smallest absolute Gasteiger partial charge is 0.124 e. The normalized spacial score (nSPS) is 12.4. The number of nitrogen functional groups attached to an aromatic ring is 1. The summed E-state index contributed by atoms with van der Waals surface area (Å²) in [7, 11) is 0. The first kappa shape index (κ1) is 13.9. The number of hydrogen-bond donors (Lipinski definition) is 1. The predicted molar refractivity (Wildman–Crippen MR) is 74.4 cm³/mol. The third-order valence-corrected chi connectivity index (χ3v) is 3.23. The first-order valence-corrected chi connectivity index (χ1v) is 6.66. The quantitative estimate of drug-likeness (QED) is 0.720. The highest BCUT2D eigenvalue weighted by molar-refractivity contribution is 5.47. The standard InChI is InChI=1S/C15H25NO/c1-4-6-7-13(5-2)11-17-15-10-14(16)9-8-12(15)3/h8-10,13H,4-7,11,16H2,1-3H3. The molecule has 2 nitrogen and oxygen atoms in total. The maximum atomic E-state index is 5.89. The van der Waals surface area contributed by atoms with Crippen molar-refractivity contribution >= 4 is 5.69 Å². The summed E-state index contributed by atoms with van der Waals surface area (Å²) in [4.78, 5) is 0. The summed E-state index contributed by atoms with van der Waals surface area (Å²) >= 11 is 0.